The topological polar surface area (TPSA) is 93.2 Å². The van der Waals surface area contributed by atoms with Gasteiger partial charge in [0.15, 0.2) is 5.65 Å². The number of fused-ring (bicyclic) bond motifs is 1. The fourth-order valence-electron chi connectivity index (χ4n) is 4.35. The fraction of sp³-hybridized carbons (Fsp3) is 0.455. The Morgan fingerprint density at radius 2 is 1.90 bits per heavy atom. The number of nitrogens with zero attached hydrogens (tertiary/aromatic N) is 5. The molecule has 1 aliphatic heterocycles. The van der Waals surface area contributed by atoms with Gasteiger partial charge in [0.1, 0.15) is 11.7 Å². The molecule has 1 saturated carbocycles. The van der Waals surface area contributed by atoms with Gasteiger partial charge in [0.25, 0.3) is 5.56 Å². The highest BCUT2D eigenvalue weighted by atomic mass is 16.3. The van der Waals surface area contributed by atoms with Crippen molar-refractivity contribution in [2.24, 2.45) is 5.92 Å². The van der Waals surface area contributed by atoms with Crippen LogP contribution >= 0.6 is 0 Å². The Labute approximate surface area is 173 Å². The molecule has 0 unspecified atom stereocenters. The first-order valence-corrected chi connectivity index (χ1v) is 10.5. The van der Waals surface area contributed by atoms with E-state index in [0.717, 1.165) is 24.9 Å². The Kier molecular flexibility index (Phi) is 4.66. The molecule has 1 aromatic carbocycles. The number of hydrogen-bond acceptors (Lipinski definition) is 5. The molecule has 2 aliphatic rings. The van der Waals surface area contributed by atoms with E-state index in [4.69, 9.17) is 0 Å². The van der Waals surface area contributed by atoms with Gasteiger partial charge in [0.2, 0.25) is 5.91 Å². The quantitative estimate of drug-likeness (QED) is 0.711. The summed E-state index contributed by atoms with van der Waals surface area (Å²) in [4.78, 5) is 31.7. The molecule has 3 aromatic rings. The number of benzene rings is 1. The van der Waals surface area contributed by atoms with E-state index < -0.39 is 5.60 Å². The summed E-state index contributed by atoms with van der Waals surface area (Å²) < 4.78 is 3.10. The molecule has 3 heterocycles. The van der Waals surface area contributed by atoms with Crippen LogP contribution in [0.4, 0.5) is 0 Å². The van der Waals surface area contributed by atoms with Gasteiger partial charge in [0.05, 0.1) is 24.0 Å². The standard InChI is InChI=1S/C22H25N5O3/c28-20(16-5-4-6-16)25-11-9-22(30,10-12-25)14-26-15-23-19-18(21(26)29)13-24-27(19)17-7-2-1-3-8-17/h1-3,7-8,13,15-16,30H,4-6,9-12,14H2. The van der Waals surface area contributed by atoms with Gasteiger partial charge < -0.3 is 10.0 Å². The van der Waals surface area contributed by atoms with Crippen molar-refractivity contribution in [3.05, 3.63) is 53.2 Å². The Morgan fingerprint density at radius 1 is 1.17 bits per heavy atom. The van der Waals surface area contributed by atoms with Crippen LogP contribution in [0.15, 0.2) is 47.7 Å². The number of para-hydroxylation sites is 1. The van der Waals surface area contributed by atoms with Crippen molar-refractivity contribution in [3.8, 4) is 5.69 Å². The lowest BCUT2D eigenvalue weighted by atomic mass is 9.83. The van der Waals surface area contributed by atoms with Crippen molar-refractivity contribution < 1.29 is 9.90 Å². The molecule has 0 spiro atoms. The number of rotatable bonds is 4. The SMILES string of the molecule is O=C(C1CCC1)N1CCC(O)(Cn2cnc3c(cnn3-c3ccccc3)c2=O)CC1. The number of carbonyl (C=O) groups is 1. The number of carbonyl (C=O) groups excluding carboxylic acids is 1. The third-order valence-corrected chi connectivity index (χ3v) is 6.48. The van der Waals surface area contributed by atoms with Crippen LogP contribution in [0.3, 0.4) is 0 Å². The summed E-state index contributed by atoms with van der Waals surface area (Å²) >= 11 is 0. The maximum absolute atomic E-state index is 13.0. The minimum absolute atomic E-state index is 0.163. The molecule has 0 bridgehead atoms. The minimum atomic E-state index is -1.02. The van der Waals surface area contributed by atoms with Crippen LogP contribution < -0.4 is 5.56 Å². The molecular weight excluding hydrogens is 382 g/mol. The second-order valence-electron chi connectivity index (χ2n) is 8.48. The van der Waals surface area contributed by atoms with E-state index in [0.29, 0.717) is 37.0 Å². The second-order valence-corrected chi connectivity index (χ2v) is 8.48. The van der Waals surface area contributed by atoms with Gasteiger partial charge in [-0.05, 0) is 37.8 Å². The Hall–Kier alpha value is -3.00. The average molecular weight is 407 g/mol. The number of piperidine rings is 1. The fourth-order valence-corrected chi connectivity index (χ4v) is 4.35. The summed E-state index contributed by atoms with van der Waals surface area (Å²) in [6, 6.07) is 9.53. The Morgan fingerprint density at radius 3 is 2.57 bits per heavy atom. The van der Waals surface area contributed by atoms with Crippen molar-refractivity contribution in [1.29, 1.82) is 0 Å². The van der Waals surface area contributed by atoms with Crippen LogP contribution in [0.5, 0.6) is 0 Å². The number of amides is 1. The monoisotopic (exact) mass is 407 g/mol. The molecule has 5 rings (SSSR count). The molecule has 8 heteroatoms. The average Bonchev–Trinajstić information content (AvgIpc) is 3.15. The zero-order chi connectivity index (χ0) is 20.7. The number of aliphatic hydroxyl groups is 1. The summed E-state index contributed by atoms with van der Waals surface area (Å²) in [5.41, 5.74) is 0.0866. The van der Waals surface area contributed by atoms with Gasteiger partial charge in [0, 0.05) is 19.0 Å². The Bertz CT molecular complexity index is 1120. The number of hydrogen-bond donors (Lipinski definition) is 1. The Balaban J connectivity index is 1.34. The number of likely N-dealkylation sites (tertiary alicyclic amines) is 1. The smallest absolute Gasteiger partial charge is 0.264 e. The molecule has 0 atom stereocenters. The van der Waals surface area contributed by atoms with Crippen LogP contribution in [0, 0.1) is 5.92 Å². The molecule has 1 aliphatic carbocycles. The molecule has 2 aromatic heterocycles. The van der Waals surface area contributed by atoms with Crippen LogP contribution in [0.1, 0.15) is 32.1 Å². The first kappa shape index (κ1) is 19.0. The third-order valence-electron chi connectivity index (χ3n) is 6.48. The van der Waals surface area contributed by atoms with Gasteiger partial charge in [-0.1, -0.05) is 24.6 Å². The molecule has 30 heavy (non-hydrogen) atoms. The third kappa shape index (κ3) is 3.31. The summed E-state index contributed by atoms with van der Waals surface area (Å²) in [6.07, 6.45) is 7.02. The lowest BCUT2D eigenvalue weighted by Crippen LogP contribution is -2.51. The molecule has 1 amide bonds. The molecule has 2 fully saturated rings. The van der Waals surface area contributed by atoms with Crippen molar-refractivity contribution in [2.75, 3.05) is 13.1 Å². The van der Waals surface area contributed by atoms with Gasteiger partial charge in [-0.25, -0.2) is 9.67 Å². The first-order valence-electron chi connectivity index (χ1n) is 10.5. The highest BCUT2D eigenvalue weighted by Gasteiger charge is 2.37. The zero-order valence-electron chi connectivity index (χ0n) is 16.8. The highest BCUT2D eigenvalue weighted by Crippen LogP contribution is 2.31. The maximum Gasteiger partial charge on any atom is 0.264 e. The van der Waals surface area contributed by atoms with Crippen molar-refractivity contribution in [3.63, 3.8) is 0 Å². The van der Waals surface area contributed by atoms with E-state index in [-0.39, 0.29) is 23.9 Å². The van der Waals surface area contributed by atoms with E-state index in [1.807, 2.05) is 35.2 Å². The van der Waals surface area contributed by atoms with E-state index >= 15 is 0 Å². The van der Waals surface area contributed by atoms with Crippen LogP contribution in [0.2, 0.25) is 0 Å². The van der Waals surface area contributed by atoms with Crippen LogP contribution in [-0.2, 0) is 11.3 Å². The first-order chi connectivity index (χ1) is 14.5. The van der Waals surface area contributed by atoms with Crippen molar-refractivity contribution in [2.45, 2.75) is 44.2 Å². The van der Waals surface area contributed by atoms with Crippen LogP contribution in [0.25, 0.3) is 16.7 Å². The van der Waals surface area contributed by atoms with Gasteiger partial charge in [-0.3, -0.25) is 14.2 Å². The summed E-state index contributed by atoms with van der Waals surface area (Å²) in [7, 11) is 0. The predicted molar refractivity (Wildman–Crippen MR) is 111 cm³/mol. The largest absolute Gasteiger partial charge is 0.388 e. The minimum Gasteiger partial charge on any atom is -0.388 e. The molecule has 0 radical (unpaired) electrons. The summed E-state index contributed by atoms with van der Waals surface area (Å²) in [5.74, 6) is 0.392. The zero-order valence-corrected chi connectivity index (χ0v) is 16.8. The lowest BCUT2D eigenvalue weighted by molar-refractivity contribution is -0.142. The summed E-state index contributed by atoms with van der Waals surface area (Å²) in [5, 5.41) is 15.8. The van der Waals surface area contributed by atoms with Gasteiger partial charge >= 0.3 is 0 Å². The molecule has 1 saturated heterocycles. The number of aromatic nitrogens is 4. The molecule has 1 N–H and O–H groups in total. The second kappa shape index (κ2) is 7.36. The van der Waals surface area contributed by atoms with Gasteiger partial charge in [-0.15, -0.1) is 0 Å². The summed E-state index contributed by atoms with van der Waals surface area (Å²) in [6.45, 7) is 1.22. The van der Waals surface area contributed by atoms with E-state index in [2.05, 4.69) is 10.1 Å². The predicted octanol–water partition coefficient (Wildman–Crippen LogP) is 1.74. The highest BCUT2D eigenvalue weighted by molar-refractivity contribution is 5.79. The van der Waals surface area contributed by atoms with Crippen molar-refractivity contribution in [1.82, 2.24) is 24.2 Å². The van der Waals surface area contributed by atoms with Crippen LogP contribution in [-0.4, -0.2) is 53.9 Å². The molecule has 8 nitrogen and oxygen atoms in total. The van der Waals surface area contributed by atoms with Crippen molar-refractivity contribution >= 4 is 16.9 Å². The normalized spacial score (nSPS) is 19.0. The van der Waals surface area contributed by atoms with Gasteiger partial charge in [-0.2, -0.15) is 5.10 Å². The van der Waals surface area contributed by atoms with E-state index in [1.54, 1.807) is 4.68 Å². The molecular formula is C22H25N5O3. The lowest BCUT2D eigenvalue weighted by Gasteiger charge is -2.40. The maximum atomic E-state index is 13.0. The van der Waals surface area contributed by atoms with E-state index in [9.17, 15) is 14.7 Å². The molecule has 156 valence electrons. The van der Waals surface area contributed by atoms with E-state index in [1.165, 1.54) is 17.1 Å².